The first-order valence-electron chi connectivity index (χ1n) is 8.14. The van der Waals surface area contributed by atoms with Gasteiger partial charge < -0.3 is 5.11 Å². The van der Waals surface area contributed by atoms with Gasteiger partial charge in [-0.2, -0.15) is 5.10 Å². The fourth-order valence-corrected chi connectivity index (χ4v) is 2.83. The molecule has 0 atom stereocenters. The molecule has 0 aliphatic rings. The number of aromatic hydroxyl groups is 1. The minimum atomic E-state index is 0.253. The zero-order valence-corrected chi connectivity index (χ0v) is 13.7. The molecule has 3 aromatic rings. The van der Waals surface area contributed by atoms with Gasteiger partial charge in [0.15, 0.2) is 0 Å². The smallest absolute Gasteiger partial charge is 0.218 e. The Balaban J connectivity index is 2.16. The predicted molar refractivity (Wildman–Crippen MR) is 94.0 cm³/mol. The molecule has 3 heteroatoms. The zero-order chi connectivity index (χ0) is 16.2. The summed E-state index contributed by atoms with van der Waals surface area (Å²) >= 11 is 0. The first kappa shape index (κ1) is 15.3. The van der Waals surface area contributed by atoms with Gasteiger partial charge in [-0.15, -0.1) is 0 Å². The number of para-hydroxylation sites is 1. The highest BCUT2D eigenvalue weighted by Gasteiger charge is 2.20. The van der Waals surface area contributed by atoms with Crippen LogP contribution < -0.4 is 0 Å². The van der Waals surface area contributed by atoms with Crippen molar-refractivity contribution in [3.05, 3.63) is 65.7 Å². The minimum absolute atomic E-state index is 0.253. The molecular formula is C20H22N2O. The van der Waals surface area contributed by atoms with Gasteiger partial charge in [-0.3, -0.25) is 0 Å². The topological polar surface area (TPSA) is 38.0 Å². The Morgan fingerprint density at radius 2 is 1.70 bits per heavy atom. The van der Waals surface area contributed by atoms with E-state index in [0.717, 1.165) is 41.8 Å². The van der Waals surface area contributed by atoms with Crippen LogP contribution in [0.3, 0.4) is 0 Å². The maximum atomic E-state index is 10.7. The average Bonchev–Trinajstić information content (AvgIpc) is 2.91. The van der Waals surface area contributed by atoms with Crippen molar-refractivity contribution in [1.29, 1.82) is 0 Å². The van der Waals surface area contributed by atoms with E-state index < -0.39 is 0 Å². The molecule has 0 saturated heterocycles. The Morgan fingerprint density at radius 1 is 1.00 bits per heavy atom. The highest BCUT2D eigenvalue weighted by atomic mass is 16.3. The third-order valence-electron chi connectivity index (χ3n) is 4.14. The van der Waals surface area contributed by atoms with Crippen LogP contribution in [0, 0.1) is 6.92 Å². The number of hydrogen-bond acceptors (Lipinski definition) is 2. The number of aromatic nitrogens is 2. The van der Waals surface area contributed by atoms with Gasteiger partial charge in [0, 0.05) is 11.1 Å². The molecule has 118 valence electrons. The summed E-state index contributed by atoms with van der Waals surface area (Å²) in [7, 11) is 0. The van der Waals surface area contributed by atoms with Crippen molar-refractivity contribution in [2.45, 2.75) is 33.1 Å². The molecule has 0 aliphatic carbocycles. The lowest BCUT2D eigenvalue weighted by Gasteiger charge is -2.05. The van der Waals surface area contributed by atoms with E-state index in [2.05, 4.69) is 26.0 Å². The van der Waals surface area contributed by atoms with Crippen LogP contribution in [0.1, 0.15) is 30.9 Å². The molecule has 0 unspecified atom stereocenters. The van der Waals surface area contributed by atoms with Crippen LogP contribution in [0.4, 0.5) is 0 Å². The van der Waals surface area contributed by atoms with Crippen LogP contribution >= 0.6 is 0 Å². The largest absolute Gasteiger partial charge is 0.493 e. The maximum absolute atomic E-state index is 10.7. The second-order valence-electron chi connectivity index (χ2n) is 5.82. The quantitative estimate of drug-likeness (QED) is 0.728. The van der Waals surface area contributed by atoms with Gasteiger partial charge in [0.1, 0.15) is 5.69 Å². The highest BCUT2D eigenvalue weighted by Crippen LogP contribution is 2.34. The predicted octanol–water partition coefficient (Wildman–Crippen LogP) is 4.90. The molecule has 2 aromatic carbocycles. The molecule has 0 radical (unpaired) electrons. The molecule has 1 aromatic heterocycles. The number of hydrogen-bond donors (Lipinski definition) is 1. The summed E-state index contributed by atoms with van der Waals surface area (Å²) in [5.41, 5.74) is 4.96. The molecule has 0 saturated carbocycles. The van der Waals surface area contributed by atoms with Gasteiger partial charge in [0.25, 0.3) is 0 Å². The fraction of sp³-hybridized carbons (Fsp3) is 0.250. The summed E-state index contributed by atoms with van der Waals surface area (Å²) in [4.78, 5) is 0. The molecule has 3 rings (SSSR count). The number of benzene rings is 2. The fourth-order valence-electron chi connectivity index (χ4n) is 2.83. The lowest BCUT2D eigenvalue weighted by molar-refractivity contribution is 0.427. The van der Waals surface area contributed by atoms with Crippen LogP contribution in [-0.2, 0) is 6.42 Å². The molecule has 0 bridgehead atoms. The van der Waals surface area contributed by atoms with Crippen molar-refractivity contribution in [3.8, 4) is 22.8 Å². The Hall–Kier alpha value is -2.55. The van der Waals surface area contributed by atoms with E-state index in [-0.39, 0.29) is 5.88 Å². The third-order valence-corrected chi connectivity index (χ3v) is 4.14. The van der Waals surface area contributed by atoms with E-state index in [9.17, 15) is 5.11 Å². The lowest BCUT2D eigenvalue weighted by Crippen LogP contribution is -1.95. The van der Waals surface area contributed by atoms with E-state index in [0.29, 0.717) is 0 Å². The molecule has 0 spiro atoms. The Labute approximate surface area is 137 Å². The second-order valence-corrected chi connectivity index (χ2v) is 5.82. The van der Waals surface area contributed by atoms with Crippen molar-refractivity contribution in [1.82, 2.24) is 9.78 Å². The van der Waals surface area contributed by atoms with Gasteiger partial charge in [-0.1, -0.05) is 55.8 Å². The number of unbranched alkanes of at least 4 members (excludes halogenated alkanes) is 1. The van der Waals surface area contributed by atoms with Crippen LogP contribution in [0.5, 0.6) is 5.88 Å². The van der Waals surface area contributed by atoms with Crippen LogP contribution in [0.25, 0.3) is 16.9 Å². The normalized spacial score (nSPS) is 10.9. The summed E-state index contributed by atoms with van der Waals surface area (Å²) in [6.07, 6.45) is 2.95. The molecule has 1 heterocycles. The standard InChI is InChI=1S/C20H22N2O/c1-3-4-13-18-19(17-14-9-8-10-15(17)2)21-22(20(18)23)16-11-6-5-7-12-16/h5-12,14,23H,3-4,13H2,1-2H3. The number of rotatable bonds is 5. The molecular weight excluding hydrogens is 284 g/mol. The van der Waals surface area contributed by atoms with Gasteiger partial charge in [-0.25, -0.2) is 4.68 Å². The van der Waals surface area contributed by atoms with E-state index >= 15 is 0 Å². The molecule has 0 fully saturated rings. The Morgan fingerprint density at radius 3 is 2.39 bits per heavy atom. The Bertz CT molecular complexity index is 791. The molecule has 0 aliphatic heterocycles. The summed E-state index contributed by atoms with van der Waals surface area (Å²) in [5.74, 6) is 0.253. The first-order valence-corrected chi connectivity index (χ1v) is 8.14. The lowest BCUT2D eigenvalue weighted by atomic mass is 10.00. The van der Waals surface area contributed by atoms with Crippen LogP contribution in [-0.4, -0.2) is 14.9 Å². The minimum Gasteiger partial charge on any atom is -0.493 e. The summed E-state index contributed by atoms with van der Waals surface area (Å²) in [6.45, 7) is 4.24. The summed E-state index contributed by atoms with van der Waals surface area (Å²) < 4.78 is 1.65. The second kappa shape index (κ2) is 6.69. The van der Waals surface area contributed by atoms with Gasteiger partial charge in [-0.05, 0) is 37.5 Å². The van der Waals surface area contributed by atoms with Crippen molar-refractivity contribution in [2.24, 2.45) is 0 Å². The number of nitrogens with zero attached hydrogens (tertiary/aromatic N) is 2. The zero-order valence-electron chi connectivity index (χ0n) is 13.7. The summed E-state index contributed by atoms with van der Waals surface area (Å²) in [6, 6.07) is 18.0. The molecule has 0 amide bonds. The van der Waals surface area contributed by atoms with Gasteiger partial charge in [0.05, 0.1) is 5.69 Å². The van der Waals surface area contributed by atoms with Gasteiger partial charge >= 0.3 is 0 Å². The highest BCUT2D eigenvalue weighted by molar-refractivity contribution is 5.69. The summed E-state index contributed by atoms with van der Waals surface area (Å²) in [5, 5.41) is 15.5. The van der Waals surface area contributed by atoms with Crippen molar-refractivity contribution in [3.63, 3.8) is 0 Å². The van der Waals surface area contributed by atoms with Crippen LogP contribution in [0.2, 0.25) is 0 Å². The van der Waals surface area contributed by atoms with E-state index in [1.807, 2.05) is 42.5 Å². The molecule has 1 N–H and O–H groups in total. The van der Waals surface area contributed by atoms with E-state index in [1.54, 1.807) is 4.68 Å². The van der Waals surface area contributed by atoms with Gasteiger partial charge in [0.2, 0.25) is 5.88 Å². The number of aryl methyl sites for hydroxylation is 1. The monoisotopic (exact) mass is 306 g/mol. The van der Waals surface area contributed by atoms with E-state index in [4.69, 9.17) is 5.10 Å². The van der Waals surface area contributed by atoms with E-state index in [1.165, 1.54) is 5.56 Å². The van der Waals surface area contributed by atoms with Crippen molar-refractivity contribution >= 4 is 0 Å². The molecule has 23 heavy (non-hydrogen) atoms. The van der Waals surface area contributed by atoms with Crippen molar-refractivity contribution in [2.75, 3.05) is 0 Å². The van der Waals surface area contributed by atoms with Crippen LogP contribution in [0.15, 0.2) is 54.6 Å². The Kier molecular flexibility index (Phi) is 4.47. The third kappa shape index (κ3) is 3.00. The maximum Gasteiger partial charge on any atom is 0.218 e. The molecule has 3 nitrogen and oxygen atoms in total. The van der Waals surface area contributed by atoms with Crippen molar-refractivity contribution < 1.29 is 5.11 Å². The first-order chi connectivity index (χ1) is 11.2. The SMILES string of the molecule is CCCCc1c(-c2ccccc2C)nn(-c2ccccc2)c1O. The average molecular weight is 306 g/mol.